The minimum Gasteiger partial charge on any atom is -0.359 e. The summed E-state index contributed by atoms with van der Waals surface area (Å²) in [7, 11) is 3.62. The highest BCUT2D eigenvalue weighted by Crippen LogP contribution is 2.17. The first-order valence-corrected chi connectivity index (χ1v) is 5.10. The van der Waals surface area contributed by atoms with Crippen molar-refractivity contribution in [2.75, 3.05) is 14.1 Å². The Morgan fingerprint density at radius 1 is 1.62 bits per heavy atom. The van der Waals surface area contributed by atoms with Gasteiger partial charge in [0.05, 0.1) is 6.04 Å². The van der Waals surface area contributed by atoms with E-state index in [1.165, 1.54) is 4.88 Å². The molecular weight excluding hydrogens is 182 g/mol. The van der Waals surface area contributed by atoms with Gasteiger partial charge in [-0.15, -0.1) is 11.3 Å². The molecule has 0 saturated heterocycles. The van der Waals surface area contributed by atoms with E-state index in [1.807, 2.05) is 7.05 Å². The summed E-state index contributed by atoms with van der Waals surface area (Å²) in [6.45, 7) is 2.12. The van der Waals surface area contributed by atoms with E-state index in [0.29, 0.717) is 6.04 Å². The molecule has 4 heteroatoms. The maximum atomic E-state index is 4.06. The first kappa shape index (κ1) is 10.1. The zero-order valence-corrected chi connectivity index (χ0v) is 8.98. The fraction of sp³-hybridized carbons (Fsp3) is 0.444. The second-order valence-corrected chi connectivity index (χ2v) is 3.68. The lowest BCUT2D eigenvalue weighted by Gasteiger charge is -2.14. The number of hydrogen-bond donors (Lipinski definition) is 2. The summed E-state index contributed by atoms with van der Waals surface area (Å²) in [6.07, 6.45) is 0. The lowest BCUT2D eigenvalue weighted by atomic mass is 10.3. The van der Waals surface area contributed by atoms with Crippen molar-refractivity contribution in [3.8, 4) is 0 Å². The van der Waals surface area contributed by atoms with Crippen LogP contribution in [0.1, 0.15) is 17.8 Å². The molecule has 72 valence electrons. The van der Waals surface area contributed by atoms with E-state index >= 15 is 0 Å². The van der Waals surface area contributed by atoms with Crippen molar-refractivity contribution >= 4 is 17.3 Å². The third kappa shape index (κ3) is 2.73. The van der Waals surface area contributed by atoms with Crippen LogP contribution in [0.2, 0.25) is 0 Å². The Hall–Kier alpha value is -1.03. The van der Waals surface area contributed by atoms with Gasteiger partial charge in [-0.05, 0) is 18.4 Å². The van der Waals surface area contributed by atoms with Crippen molar-refractivity contribution in [1.82, 2.24) is 10.6 Å². The van der Waals surface area contributed by atoms with Gasteiger partial charge in [-0.25, -0.2) is 0 Å². The molecule has 1 aromatic heterocycles. The van der Waals surface area contributed by atoms with Gasteiger partial charge >= 0.3 is 0 Å². The Morgan fingerprint density at radius 3 is 2.85 bits per heavy atom. The molecule has 0 amide bonds. The van der Waals surface area contributed by atoms with Crippen molar-refractivity contribution in [2.24, 2.45) is 4.99 Å². The van der Waals surface area contributed by atoms with Gasteiger partial charge in [-0.3, -0.25) is 4.99 Å². The van der Waals surface area contributed by atoms with E-state index in [-0.39, 0.29) is 0 Å². The molecule has 0 aromatic carbocycles. The van der Waals surface area contributed by atoms with E-state index in [1.54, 1.807) is 18.4 Å². The third-order valence-corrected chi connectivity index (χ3v) is 2.84. The molecule has 0 unspecified atom stereocenters. The molecule has 0 radical (unpaired) electrons. The van der Waals surface area contributed by atoms with Gasteiger partial charge in [0.2, 0.25) is 0 Å². The molecule has 0 aliphatic rings. The van der Waals surface area contributed by atoms with Crippen molar-refractivity contribution in [1.29, 1.82) is 0 Å². The van der Waals surface area contributed by atoms with Gasteiger partial charge < -0.3 is 10.6 Å². The predicted molar refractivity (Wildman–Crippen MR) is 58.3 cm³/mol. The van der Waals surface area contributed by atoms with Crippen molar-refractivity contribution in [3.63, 3.8) is 0 Å². The lowest BCUT2D eigenvalue weighted by Crippen LogP contribution is -2.36. The van der Waals surface area contributed by atoms with Gasteiger partial charge in [0.15, 0.2) is 5.96 Å². The van der Waals surface area contributed by atoms with Crippen LogP contribution in [-0.4, -0.2) is 20.1 Å². The minimum absolute atomic E-state index is 0.311. The van der Waals surface area contributed by atoms with Crippen LogP contribution in [0.3, 0.4) is 0 Å². The molecule has 0 aliphatic carbocycles. The predicted octanol–water partition coefficient (Wildman–Crippen LogP) is 1.60. The Kier molecular flexibility index (Phi) is 3.76. The average molecular weight is 197 g/mol. The molecule has 13 heavy (non-hydrogen) atoms. The second-order valence-electron chi connectivity index (χ2n) is 2.70. The SMILES string of the molecule is CN=C(NC)N[C@@H](C)c1cccs1. The Morgan fingerprint density at radius 2 is 2.38 bits per heavy atom. The van der Waals surface area contributed by atoms with Crippen LogP contribution in [0.25, 0.3) is 0 Å². The summed E-state index contributed by atoms with van der Waals surface area (Å²) in [4.78, 5) is 5.37. The minimum atomic E-state index is 0.311. The average Bonchev–Trinajstić information content (AvgIpc) is 2.66. The quantitative estimate of drug-likeness (QED) is 0.558. The molecule has 3 nitrogen and oxygen atoms in total. The molecule has 2 N–H and O–H groups in total. The fourth-order valence-electron chi connectivity index (χ4n) is 1.06. The lowest BCUT2D eigenvalue weighted by molar-refractivity contribution is 0.711. The largest absolute Gasteiger partial charge is 0.359 e. The summed E-state index contributed by atoms with van der Waals surface area (Å²) >= 11 is 1.75. The van der Waals surface area contributed by atoms with Crippen LogP contribution in [0, 0.1) is 0 Å². The zero-order chi connectivity index (χ0) is 9.68. The second kappa shape index (κ2) is 4.87. The number of aliphatic imine (C=N–C) groups is 1. The maximum Gasteiger partial charge on any atom is 0.191 e. The first-order valence-electron chi connectivity index (χ1n) is 4.22. The van der Waals surface area contributed by atoms with Crippen molar-refractivity contribution in [3.05, 3.63) is 22.4 Å². The summed E-state index contributed by atoms with van der Waals surface area (Å²) in [5, 5.41) is 8.34. The van der Waals surface area contributed by atoms with E-state index < -0.39 is 0 Å². The van der Waals surface area contributed by atoms with Crippen LogP contribution in [0.4, 0.5) is 0 Å². The molecule has 1 rings (SSSR count). The summed E-state index contributed by atoms with van der Waals surface area (Å²) in [6, 6.07) is 4.48. The third-order valence-electron chi connectivity index (χ3n) is 1.78. The molecule has 1 atom stereocenters. The van der Waals surface area contributed by atoms with Gasteiger partial charge in [0, 0.05) is 19.0 Å². The highest BCUT2D eigenvalue weighted by Gasteiger charge is 2.06. The standard InChI is InChI=1S/C9H15N3S/c1-7(8-5-4-6-13-8)12-9(10-2)11-3/h4-7H,1-3H3,(H2,10,11,12)/t7-/m0/s1. The highest BCUT2D eigenvalue weighted by molar-refractivity contribution is 7.10. The molecule has 1 heterocycles. The zero-order valence-electron chi connectivity index (χ0n) is 8.16. The normalized spacial score (nSPS) is 13.9. The maximum absolute atomic E-state index is 4.06. The van der Waals surface area contributed by atoms with E-state index in [9.17, 15) is 0 Å². The van der Waals surface area contributed by atoms with E-state index in [4.69, 9.17) is 0 Å². The van der Waals surface area contributed by atoms with E-state index in [2.05, 4.69) is 40.1 Å². The van der Waals surface area contributed by atoms with Gasteiger partial charge in [-0.2, -0.15) is 0 Å². The molecule has 0 spiro atoms. The molecule has 0 fully saturated rings. The van der Waals surface area contributed by atoms with E-state index in [0.717, 1.165) is 5.96 Å². The van der Waals surface area contributed by atoms with Crippen LogP contribution >= 0.6 is 11.3 Å². The van der Waals surface area contributed by atoms with Gasteiger partial charge in [0.25, 0.3) is 0 Å². The number of nitrogens with one attached hydrogen (secondary N) is 2. The highest BCUT2D eigenvalue weighted by atomic mass is 32.1. The molecule has 0 bridgehead atoms. The summed E-state index contributed by atoms with van der Waals surface area (Å²) < 4.78 is 0. The number of thiophene rings is 1. The fourth-order valence-corrected chi connectivity index (χ4v) is 1.80. The Labute approximate surface area is 82.9 Å². The number of guanidine groups is 1. The van der Waals surface area contributed by atoms with Crippen LogP contribution in [0.15, 0.2) is 22.5 Å². The van der Waals surface area contributed by atoms with Gasteiger partial charge in [0.1, 0.15) is 0 Å². The summed E-state index contributed by atoms with van der Waals surface area (Å²) in [5.74, 6) is 0.820. The molecule has 0 aliphatic heterocycles. The monoisotopic (exact) mass is 197 g/mol. The van der Waals surface area contributed by atoms with Crippen LogP contribution in [-0.2, 0) is 0 Å². The first-order chi connectivity index (χ1) is 6.27. The van der Waals surface area contributed by atoms with Crippen molar-refractivity contribution < 1.29 is 0 Å². The van der Waals surface area contributed by atoms with Crippen molar-refractivity contribution in [2.45, 2.75) is 13.0 Å². The number of hydrogen-bond acceptors (Lipinski definition) is 2. The van der Waals surface area contributed by atoms with Gasteiger partial charge in [-0.1, -0.05) is 6.07 Å². The Balaban J connectivity index is 2.55. The number of nitrogens with zero attached hydrogens (tertiary/aromatic N) is 1. The molecule has 1 aromatic rings. The molecular formula is C9H15N3S. The number of rotatable bonds is 2. The topological polar surface area (TPSA) is 36.4 Å². The smallest absolute Gasteiger partial charge is 0.191 e. The Bertz CT molecular complexity index is 266. The van der Waals surface area contributed by atoms with Crippen LogP contribution < -0.4 is 10.6 Å². The molecule has 0 saturated carbocycles. The summed E-state index contributed by atoms with van der Waals surface area (Å²) in [5.41, 5.74) is 0. The van der Waals surface area contributed by atoms with Crippen LogP contribution in [0.5, 0.6) is 0 Å².